The highest BCUT2D eigenvalue weighted by atomic mass is 16.6. The number of hydrogen-bond donors (Lipinski definition) is 2. The largest absolute Gasteiger partial charge is 0.495 e. The van der Waals surface area contributed by atoms with Gasteiger partial charge >= 0.3 is 19.2 Å². The second-order valence-corrected chi connectivity index (χ2v) is 8.48. The number of hydrogen-bond acceptors (Lipinski definition) is 7. The molecule has 0 saturated heterocycles. The van der Waals surface area contributed by atoms with Crippen LogP contribution in [0.1, 0.15) is 37.5 Å². The Morgan fingerprint density at radius 2 is 1.91 bits per heavy atom. The molecule has 0 fully saturated rings. The number of esters is 1. The van der Waals surface area contributed by atoms with Gasteiger partial charge in [-0.25, -0.2) is 9.59 Å². The molecule has 0 unspecified atom stereocenters. The lowest BCUT2D eigenvalue weighted by molar-refractivity contribution is -0.143. The van der Waals surface area contributed by atoms with E-state index in [0.29, 0.717) is 17.8 Å². The molecule has 0 aliphatic carbocycles. The molecular weight excluding hydrogens is 413 g/mol. The Kier molecular flexibility index (Phi) is 7.42. The third-order valence-electron chi connectivity index (χ3n) is 4.88. The van der Waals surface area contributed by atoms with Crippen molar-refractivity contribution in [2.45, 2.75) is 52.0 Å². The first-order valence-electron chi connectivity index (χ1n) is 10.4. The number of ether oxygens (including phenoxy) is 3. The van der Waals surface area contributed by atoms with Gasteiger partial charge in [0.2, 0.25) is 0 Å². The Balaban J connectivity index is 1.80. The molecule has 1 heterocycles. The first kappa shape index (κ1) is 23.6. The minimum Gasteiger partial charge on any atom is -0.489 e. The summed E-state index contributed by atoms with van der Waals surface area (Å²) in [5, 5.41) is 12.9. The molecule has 2 aromatic carbocycles. The van der Waals surface area contributed by atoms with Gasteiger partial charge in [-0.3, -0.25) is 0 Å². The van der Waals surface area contributed by atoms with Crippen molar-refractivity contribution < 1.29 is 33.5 Å². The molecule has 0 aromatic heterocycles. The van der Waals surface area contributed by atoms with E-state index in [1.54, 1.807) is 32.9 Å². The van der Waals surface area contributed by atoms with Crippen molar-refractivity contribution in [3.05, 3.63) is 59.2 Å². The van der Waals surface area contributed by atoms with Gasteiger partial charge in [-0.15, -0.1) is 0 Å². The number of amides is 1. The molecule has 9 heteroatoms. The maximum absolute atomic E-state index is 12.3. The normalized spacial score (nSPS) is 13.8. The predicted octanol–water partition coefficient (Wildman–Crippen LogP) is 2.09. The molecule has 2 N–H and O–H groups in total. The Labute approximate surface area is 188 Å². The molecule has 2 aromatic rings. The van der Waals surface area contributed by atoms with Gasteiger partial charge in [0.1, 0.15) is 24.0 Å². The minimum atomic E-state index is -1.13. The summed E-state index contributed by atoms with van der Waals surface area (Å²) in [5.74, 6) is -0.0965. The summed E-state index contributed by atoms with van der Waals surface area (Å²) in [7, 11) is 0.121. The number of fused-ring (bicyclic) bond motifs is 1. The smallest absolute Gasteiger partial charge is 0.489 e. The van der Waals surface area contributed by atoms with Crippen molar-refractivity contribution in [2.24, 2.45) is 0 Å². The monoisotopic (exact) mass is 441 g/mol. The highest BCUT2D eigenvalue weighted by Crippen LogP contribution is 2.24. The van der Waals surface area contributed by atoms with Gasteiger partial charge in [-0.1, -0.05) is 36.4 Å². The van der Waals surface area contributed by atoms with Crippen LogP contribution in [0.15, 0.2) is 42.5 Å². The fourth-order valence-electron chi connectivity index (χ4n) is 3.43. The van der Waals surface area contributed by atoms with Crippen LogP contribution in [0.2, 0.25) is 0 Å². The van der Waals surface area contributed by atoms with Gasteiger partial charge in [-0.2, -0.15) is 0 Å². The highest BCUT2D eigenvalue weighted by Gasteiger charge is 2.35. The van der Waals surface area contributed by atoms with Crippen LogP contribution in [0.4, 0.5) is 4.79 Å². The molecule has 1 amide bonds. The molecule has 3 rings (SSSR count). The molecular formula is C23H28BNO7. The lowest BCUT2D eigenvalue weighted by Gasteiger charge is -2.23. The van der Waals surface area contributed by atoms with Gasteiger partial charge < -0.3 is 29.2 Å². The van der Waals surface area contributed by atoms with Gasteiger partial charge in [-0.05, 0) is 43.5 Å². The summed E-state index contributed by atoms with van der Waals surface area (Å²) in [4.78, 5) is 24.5. The zero-order valence-electron chi connectivity index (χ0n) is 18.7. The SMILES string of the molecule is COC(=O)[C@H](Cc1ccc(OCc2ccccc2)c2c1COB2O)NC(=O)OC(C)(C)C. The summed E-state index contributed by atoms with van der Waals surface area (Å²) in [5.41, 5.74) is 2.27. The van der Waals surface area contributed by atoms with Crippen molar-refractivity contribution in [1.82, 2.24) is 5.32 Å². The van der Waals surface area contributed by atoms with Crippen molar-refractivity contribution in [1.29, 1.82) is 0 Å². The summed E-state index contributed by atoms with van der Waals surface area (Å²) < 4.78 is 21.5. The first-order valence-corrected chi connectivity index (χ1v) is 10.4. The van der Waals surface area contributed by atoms with Crippen LogP contribution in [-0.4, -0.2) is 43.0 Å². The third kappa shape index (κ3) is 6.02. The molecule has 0 spiro atoms. The second kappa shape index (κ2) is 10.1. The van der Waals surface area contributed by atoms with E-state index < -0.39 is 30.8 Å². The van der Waals surface area contributed by atoms with E-state index in [1.165, 1.54) is 7.11 Å². The summed E-state index contributed by atoms with van der Waals surface area (Å²) in [6, 6.07) is 12.2. The Hall–Kier alpha value is -3.04. The summed E-state index contributed by atoms with van der Waals surface area (Å²) in [6.45, 7) is 5.71. The van der Waals surface area contributed by atoms with E-state index in [2.05, 4.69) is 5.32 Å². The van der Waals surface area contributed by atoms with Crippen molar-refractivity contribution >= 4 is 24.6 Å². The number of alkyl carbamates (subject to hydrolysis) is 1. The number of carbonyl (C=O) groups is 2. The molecule has 8 nitrogen and oxygen atoms in total. The van der Waals surface area contributed by atoms with Crippen LogP contribution in [-0.2, 0) is 38.6 Å². The molecule has 32 heavy (non-hydrogen) atoms. The molecule has 1 aliphatic heterocycles. The minimum absolute atomic E-state index is 0.142. The average Bonchev–Trinajstić information content (AvgIpc) is 3.13. The average molecular weight is 441 g/mol. The van der Waals surface area contributed by atoms with Crippen LogP contribution < -0.4 is 15.5 Å². The molecule has 1 atom stereocenters. The molecule has 0 bridgehead atoms. The maximum atomic E-state index is 12.3. The van der Waals surface area contributed by atoms with Crippen LogP contribution >= 0.6 is 0 Å². The summed E-state index contributed by atoms with van der Waals surface area (Å²) >= 11 is 0. The van der Waals surface area contributed by atoms with Crippen LogP contribution in [0.3, 0.4) is 0 Å². The standard InChI is InChI=1S/C23H28BNO7/c1-23(2,3)32-22(27)25-18(21(26)29-4)12-16-10-11-19(20-17(16)14-31-24(20)28)30-13-15-8-6-5-7-9-15/h5-11,18,28H,12-14H2,1-4H3,(H,25,27)/t18-/m0/s1. The van der Waals surface area contributed by atoms with E-state index in [4.69, 9.17) is 18.9 Å². The molecule has 1 aliphatic rings. The van der Waals surface area contributed by atoms with E-state index in [0.717, 1.165) is 16.7 Å². The highest BCUT2D eigenvalue weighted by molar-refractivity contribution is 6.62. The van der Waals surface area contributed by atoms with Gasteiger partial charge in [0.25, 0.3) is 0 Å². The molecule has 170 valence electrons. The van der Waals surface area contributed by atoms with E-state index in [-0.39, 0.29) is 13.0 Å². The Morgan fingerprint density at radius 3 is 2.56 bits per heavy atom. The van der Waals surface area contributed by atoms with Crippen molar-refractivity contribution in [2.75, 3.05) is 7.11 Å². The Bertz CT molecular complexity index is 959. The number of benzene rings is 2. The summed E-state index contributed by atoms with van der Waals surface area (Å²) in [6.07, 6.45) is -0.577. The fourth-order valence-corrected chi connectivity index (χ4v) is 3.43. The van der Waals surface area contributed by atoms with Crippen LogP contribution in [0, 0.1) is 0 Å². The lowest BCUT2D eigenvalue weighted by atomic mass is 9.77. The first-order chi connectivity index (χ1) is 15.2. The van der Waals surface area contributed by atoms with E-state index in [1.807, 2.05) is 30.3 Å². The van der Waals surface area contributed by atoms with Crippen molar-refractivity contribution in [3.8, 4) is 5.75 Å². The lowest BCUT2D eigenvalue weighted by Crippen LogP contribution is -2.45. The van der Waals surface area contributed by atoms with Gasteiger partial charge in [0.05, 0.1) is 13.7 Å². The number of rotatable bonds is 7. The van der Waals surface area contributed by atoms with Gasteiger partial charge in [0.15, 0.2) is 0 Å². The quantitative estimate of drug-likeness (QED) is 0.501. The van der Waals surface area contributed by atoms with E-state index >= 15 is 0 Å². The van der Waals surface area contributed by atoms with Gasteiger partial charge in [0, 0.05) is 11.9 Å². The molecule has 0 radical (unpaired) electrons. The van der Waals surface area contributed by atoms with Crippen molar-refractivity contribution in [3.63, 3.8) is 0 Å². The topological polar surface area (TPSA) is 103 Å². The number of nitrogens with one attached hydrogen (secondary N) is 1. The third-order valence-corrected chi connectivity index (χ3v) is 4.88. The number of methoxy groups -OCH3 is 1. The van der Waals surface area contributed by atoms with Crippen LogP contribution in [0.25, 0.3) is 0 Å². The van der Waals surface area contributed by atoms with E-state index in [9.17, 15) is 14.6 Å². The zero-order chi connectivity index (χ0) is 23.3. The Morgan fingerprint density at radius 1 is 1.19 bits per heavy atom. The molecule has 0 saturated carbocycles. The predicted molar refractivity (Wildman–Crippen MR) is 118 cm³/mol. The zero-order valence-corrected chi connectivity index (χ0v) is 18.7. The number of carbonyl (C=O) groups excluding carboxylic acids is 2. The fraction of sp³-hybridized carbons (Fsp3) is 0.391. The van der Waals surface area contributed by atoms with Crippen LogP contribution in [0.5, 0.6) is 5.75 Å². The maximum Gasteiger partial charge on any atom is 0.495 e. The second-order valence-electron chi connectivity index (χ2n) is 8.48.